The van der Waals surface area contributed by atoms with Gasteiger partial charge in [0.2, 0.25) is 0 Å². The molecule has 0 amide bonds. The number of fused-ring (bicyclic) bond motifs is 1. The van der Waals surface area contributed by atoms with Crippen LogP contribution in [0, 0.1) is 0 Å². The van der Waals surface area contributed by atoms with Crippen LogP contribution in [0.1, 0.15) is 18.0 Å². The lowest BCUT2D eigenvalue weighted by Crippen LogP contribution is -2.15. The van der Waals surface area contributed by atoms with Gasteiger partial charge in [0, 0.05) is 22.4 Å². The van der Waals surface area contributed by atoms with E-state index >= 15 is 0 Å². The van der Waals surface area contributed by atoms with Crippen LogP contribution < -0.4 is 5.32 Å². The third kappa shape index (κ3) is 2.31. The lowest BCUT2D eigenvalue weighted by Gasteiger charge is -2.26. The van der Waals surface area contributed by atoms with E-state index in [0.717, 1.165) is 17.9 Å². The fraction of sp³-hybridized carbons (Fsp3) is 0.200. The molecule has 1 aliphatic rings. The Morgan fingerprint density at radius 1 is 1.11 bits per heavy atom. The predicted octanol–water partition coefficient (Wildman–Crippen LogP) is 4.04. The maximum absolute atomic E-state index is 9.49. The zero-order chi connectivity index (χ0) is 12.4. The number of phenols is 1. The van der Waals surface area contributed by atoms with Gasteiger partial charge in [0.15, 0.2) is 0 Å². The van der Waals surface area contributed by atoms with Gasteiger partial charge in [0.1, 0.15) is 5.75 Å². The summed E-state index contributed by atoms with van der Waals surface area (Å²) in [5.74, 6) is 1.44. The fourth-order valence-corrected chi connectivity index (χ4v) is 3.41. The summed E-state index contributed by atoms with van der Waals surface area (Å²) in [7, 11) is 0. The van der Waals surface area contributed by atoms with Crippen molar-refractivity contribution in [2.75, 3.05) is 11.1 Å². The zero-order valence-electron chi connectivity index (χ0n) is 9.97. The van der Waals surface area contributed by atoms with Gasteiger partial charge < -0.3 is 10.4 Å². The molecule has 1 aliphatic heterocycles. The average Bonchev–Trinajstić information content (AvgIpc) is 2.39. The Kier molecular flexibility index (Phi) is 3.15. The van der Waals surface area contributed by atoms with E-state index < -0.39 is 0 Å². The van der Waals surface area contributed by atoms with Crippen molar-refractivity contribution in [3.05, 3.63) is 54.1 Å². The fourth-order valence-electron chi connectivity index (χ4n) is 2.29. The Morgan fingerprint density at radius 3 is 2.89 bits per heavy atom. The molecule has 0 aromatic heterocycles. The smallest absolute Gasteiger partial charge is 0.117 e. The largest absolute Gasteiger partial charge is 0.508 e. The molecule has 0 radical (unpaired) electrons. The summed E-state index contributed by atoms with van der Waals surface area (Å²) >= 11 is 1.92. The van der Waals surface area contributed by atoms with Crippen molar-refractivity contribution in [3.8, 4) is 5.75 Å². The first-order chi connectivity index (χ1) is 8.83. The number of hydrogen-bond acceptors (Lipinski definition) is 3. The Bertz CT molecular complexity index is 556. The first kappa shape index (κ1) is 11.5. The summed E-state index contributed by atoms with van der Waals surface area (Å²) in [6, 6.07) is 16.2. The van der Waals surface area contributed by atoms with Crippen LogP contribution in [0.5, 0.6) is 5.75 Å². The molecule has 0 bridgehead atoms. The first-order valence-electron chi connectivity index (χ1n) is 6.10. The first-order valence-corrected chi connectivity index (χ1v) is 7.09. The Hall–Kier alpha value is -1.61. The molecule has 0 saturated carbocycles. The standard InChI is InChI=1S/C15H15NOS/c17-12-5-3-4-11(10-12)16-14-8-9-18-15-7-2-1-6-13(14)15/h1-7,10,14,16-17H,8-9H2. The van der Waals surface area contributed by atoms with Crippen molar-refractivity contribution in [1.29, 1.82) is 0 Å². The highest BCUT2D eigenvalue weighted by Crippen LogP contribution is 2.37. The van der Waals surface area contributed by atoms with E-state index in [1.165, 1.54) is 10.5 Å². The SMILES string of the molecule is Oc1cccc(NC2CCSc3ccccc32)c1. The number of rotatable bonds is 2. The van der Waals surface area contributed by atoms with Crippen LogP contribution in [-0.2, 0) is 0 Å². The third-order valence-corrected chi connectivity index (χ3v) is 4.27. The van der Waals surface area contributed by atoms with Crippen LogP contribution in [0.15, 0.2) is 53.4 Å². The summed E-state index contributed by atoms with van der Waals surface area (Å²) in [6.07, 6.45) is 1.11. The van der Waals surface area contributed by atoms with Crippen LogP contribution in [0.2, 0.25) is 0 Å². The second kappa shape index (κ2) is 4.94. The van der Waals surface area contributed by atoms with Gasteiger partial charge in [0.05, 0.1) is 6.04 Å². The van der Waals surface area contributed by atoms with Gasteiger partial charge in [0.25, 0.3) is 0 Å². The summed E-state index contributed by atoms with van der Waals surface area (Å²) in [6.45, 7) is 0. The van der Waals surface area contributed by atoms with E-state index in [2.05, 4.69) is 29.6 Å². The van der Waals surface area contributed by atoms with Crippen LogP contribution in [0.3, 0.4) is 0 Å². The van der Waals surface area contributed by atoms with Crippen molar-refractivity contribution in [1.82, 2.24) is 0 Å². The van der Waals surface area contributed by atoms with Crippen LogP contribution in [0.25, 0.3) is 0 Å². The van der Waals surface area contributed by atoms with E-state index in [9.17, 15) is 5.11 Å². The van der Waals surface area contributed by atoms with Crippen LogP contribution in [-0.4, -0.2) is 10.9 Å². The van der Waals surface area contributed by atoms with E-state index in [0.29, 0.717) is 11.8 Å². The number of thioether (sulfide) groups is 1. The molecule has 18 heavy (non-hydrogen) atoms. The van der Waals surface area contributed by atoms with Crippen LogP contribution in [0.4, 0.5) is 5.69 Å². The Labute approximate surface area is 111 Å². The Balaban J connectivity index is 1.86. The minimum Gasteiger partial charge on any atom is -0.508 e. The van der Waals surface area contributed by atoms with Gasteiger partial charge >= 0.3 is 0 Å². The summed E-state index contributed by atoms with van der Waals surface area (Å²) in [5.41, 5.74) is 2.33. The predicted molar refractivity (Wildman–Crippen MR) is 76.3 cm³/mol. The van der Waals surface area contributed by atoms with Crippen LogP contribution >= 0.6 is 11.8 Å². The van der Waals surface area contributed by atoms with Crippen molar-refractivity contribution >= 4 is 17.4 Å². The average molecular weight is 257 g/mol. The van der Waals surface area contributed by atoms with Gasteiger partial charge in [-0.05, 0) is 30.2 Å². The maximum atomic E-state index is 9.49. The van der Waals surface area contributed by atoms with E-state index in [4.69, 9.17) is 0 Å². The molecule has 2 aromatic rings. The highest BCUT2D eigenvalue weighted by molar-refractivity contribution is 7.99. The van der Waals surface area contributed by atoms with E-state index in [1.807, 2.05) is 23.9 Å². The van der Waals surface area contributed by atoms with E-state index in [-0.39, 0.29) is 0 Å². The zero-order valence-corrected chi connectivity index (χ0v) is 10.8. The normalized spacial score (nSPS) is 18.1. The molecule has 1 heterocycles. The van der Waals surface area contributed by atoms with E-state index in [1.54, 1.807) is 12.1 Å². The second-order valence-electron chi connectivity index (χ2n) is 4.42. The number of aromatic hydroxyl groups is 1. The molecule has 0 fully saturated rings. The molecule has 92 valence electrons. The molecular weight excluding hydrogens is 242 g/mol. The minimum atomic E-state index is 0.304. The number of nitrogens with one attached hydrogen (secondary N) is 1. The molecule has 1 unspecified atom stereocenters. The molecule has 0 aliphatic carbocycles. The van der Waals surface area contributed by atoms with Gasteiger partial charge in [-0.3, -0.25) is 0 Å². The minimum absolute atomic E-state index is 0.304. The third-order valence-electron chi connectivity index (χ3n) is 3.15. The van der Waals surface area contributed by atoms with Gasteiger partial charge in [-0.1, -0.05) is 24.3 Å². The molecule has 3 heteroatoms. The molecular formula is C15H15NOS. The molecule has 3 rings (SSSR count). The summed E-state index contributed by atoms with van der Waals surface area (Å²) < 4.78 is 0. The number of anilines is 1. The number of phenolic OH excluding ortho intramolecular Hbond substituents is 1. The van der Waals surface area contributed by atoms with Gasteiger partial charge in [-0.25, -0.2) is 0 Å². The second-order valence-corrected chi connectivity index (χ2v) is 5.56. The highest BCUT2D eigenvalue weighted by Gasteiger charge is 2.19. The molecule has 2 N–H and O–H groups in total. The topological polar surface area (TPSA) is 32.3 Å². The molecule has 0 spiro atoms. The molecule has 1 atom stereocenters. The maximum Gasteiger partial charge on any atom is 0.117 e. The monoisotopic (exact) mass is 257 g/mol. The van der Waals surface area contributed by atoms with Crippen molar-refractivity contribution in [2.45, 2.75) is 17.4 Å². The molecule has 0 saturated heterocycles. The molecule has 2 nitrogen and oxygen atoms in total. The number of benzene rings is 2. The van der Waals surface area contributed by atoms with Gasteiger partial charge in [-0.2, -0.15) is 0 Å². The summed E-state index contributed by atoms with van der Waals surface area (Å²) in [5, 5.41) is 13.0. The number of hydrogen-bond donors (Lipinski definition) is 2. The van der Waals surface area contributed by atoms with Crippen molar-refractivity contribution < 1.29 is 5.11 Å². The van der Waals surface area contributed by atoms with Crippen molar-refractivity contribution in [3.63, 3.8) is 0 Å². The Morgan fingerprint density at radius 2 is 2.00 bits per heavy atom. The lowest BCUT2D eigenvalue weighted by molar-refractivity contribution is 0.475. The summed E-state index contributed by atoms with van der Waals surface area (Å²) in [4.78, 5) is 1.36. The highest BCUT2D eigenvalue weighted by atomic mass is 32.2. The molecule has 2 aromatic carbocycles. The quantitative estimate of drug-likeness (QED) is 0.851. The lowest BCUT2D eigenvalue weighted by atomic mass is 10.0. The van der Waals surface area contributed by atoms with Crippen molar-refractivity contribution in [2.24, 2.45) is 0 Å². The van der Waals surface area contributed by atoms with Gasteiger partial charge in [-0.15, -0.1) is 11.8 Å².